The van der Waals surface area contributed by atoms with Crippen molar-refractivity contribution >= 4 is 17.3 Å². The van der Waals surface area contributed by atoms with Gasteiger partial charge in [-0.25, -0.2) is 0 Å². The summed E-state index contributed by atoms with van der Waals surface area (Å²) in [6.07, 6.45) is 6.10. The molecule has 0 saturated heterocycles. The van der Waals surface area contributed by atoms with Crippen LogP contribution in [0.1, 0.15) is 37.0 Å². The van der Waals surface area contributed by atoms with Crippen LogP contribution in [0.25, 0.3) is 0 Å². The van der Waals surface area contributed by atoms with E-state index in [4.69, 9.17) is 0 Å². The lowest BCUT2D eigenvalue weighted by atomic mass is 9.94. The van der Waals surface area contributed by atoms with Gasteiger partial charge in [-0.15, -0.1) is 11.3 Å². The SMILES string of the molecule is O=C([O-])C[NH+](Cc1cccs1)C1CCCCC1. The number of carbonyl (C=O) groups excluding carboxylic acids is 1. The molecule has 17 heavy (non-hydrogen) atoms. The summed E-state index contributed by atoms with van der Waals surface area (Å²) < 4.78 is 0. The van der Waals surface area contributed by atoms with Gasteiger partial charge in [0.15, 0.2) is 0 Å². The quantitative estimate of drug-likeness (QED) is 0.815. The van der Waals surface area contributed by atoms with E-state index in [0.717, 1.165) is 19.4 Å². The number of hydrogen-bond acceptors (Lipinski definition) is 3. The van der Waals surface area contributed by atoms with Crippen molar-refractivity contribution in [1.82, 2.24) is 0 Å². The summed E-state index contributed by atoms with van der Waals surface area (Å²) in [5, 5.41) is 12.9. The first kappa shape index (κ1) is 12.6. The Labute approximate surface area is 106 Å². The predicted molar refractivity (Wildman–Crippen MR) is 65.7 cm³/mol. The summed E-state index contributed by atoms with van der Waals surface area (Å²) in [6, 6.07) is 4.61. The maximum Gasteiger partial charge on any atom is 0.118 e. The first-order valence-corrected chi connectivity index (χ1v) is 7.20. The molecule has 1 aromatic rings. The third kappa shape index (κ3) is 3.82. The third-order valence-electron chi connectivity index (χ3n) is 3.54. The second kappa shape index (κ2) is 6.17. The number of thiophene rings is 1. The molecule has 1 N–H and O–H groups in total. The Balaban J connectivity index is 1.98. The zero-order valence-corrected chi connectivity index (χ0v) is 10.8. The van der Waals surface area contributed by atoms with Crippen molar-refractivity contribution in [2.24, 2.45) is 0 Å². The van der Waals surface area contributed by atoms with Crippen LogP contribution in [-0.2, 0) is 11.3 Å². The van der Waals surface area contributed by atoms with Crippen molar-refractivity contribution in [1.29, 1.82) is 0 Å². The number of rotatable bonds is 5. The Morgan fingerprint density at radius 1 is 1.41 bits per heavy atom. The van der Waals surface area contributed by atoms with Crippen molar-refractivity contribution < 1.29 is 14.8 Å². The van der Waals surface area contributed by atoms with Crippen molar-refractivity contribution in [2.45, 2.75) is 44.7 Å². The van der Waals surface area contributed by atoms with Crippen molar-refractivity contribution in [2.75, 3.05) is 6.54 Å². The Morgan fingerprint density at radius 2 is 2.18 bits per heavy atom. The molecule has 1 aliphatic carbocycles. The molecule has 1 atom stereocenters. The van der Waals surface area contributed by atoms with Crippen LogP contribution in [0.2, 0.25) is 0 Å². The van der Waals surface area contributed by atoms with Crippen molar-refractivity contribution in [3.05, 3.63) is 22.4 Å². The maximum absolute atomic E-state index is 10.9. The minimum absolute atomic E-state index is 0.141. The lowest BCUT2D eigenvalue weighted by Gasteiger charge is -2.31. The molecule has 0 aliphatic heterocycles. The van der Waals surface area contributed by atoms with Crippen LogP contribution < -0.4 is 10.0 Å². The highest BCUT2D eigenvalue weighted by atomic mass is 32.1. The van der Waals surface area contributed by atoms with Crippen LogP contribution in [0, 0.1) is 0 Å². The van der Waals surface area contributed by atoms with Gasteiger partial charge in [0.25, 0.3) is 0 Å². The fraction of sp³-hybridized carbons (Fsp3) is 0.615. The second-order valence-corrected chi connectivity index (χ2v) is 5.83. The fourth-order valence-corrected chi connectivity index (χ4v) is 3.44. The van der Waals surface area contributed by atoms with Gasteiger partial charge in [-0.05, 0) is 37.1 Å². The van der Waals surface area contributed by atoms with E-state index in [1.165, 1.54) is 29.0 Å². The maximum atomic E-state index is 10.9. The Bertz CT molecular complexity index is 344. The van der Waals surface area contributed by atoms with Crippen molar-refractivity contribution in [3.8, 4) is 0 Å². The first-order chi connectivity index (χ1) is 8.25. The molecule has 3 nitrogen and oxygen atoms in total. The summed E-state index contributed by atoms with van der Waals surface area (Å²) in [5.74, 6) is -0.929. The normalized spacial score (nSPS) is 19.1. The van der Waals surface area contributed by atoms with E-state index in [-0.39, 0.29) is 6.54 Å². The van der Waals surface area contributed by atoms with Gasteiger partial charge in [0, 0.05) is 0 Å². The number of carboxylic acid groups (broad SMARTS) is 1. The van der Waals surface area contributed by atoms with Crippen molar-refractivity contribution in [3.63, 3.8) is 0 Å². The summed E-state index contributed by atoms with van der Waals surface area (Å²) in [7, 11) is 0. The van der Waals surface area contributed by atoms with Crippen LogP contribution in [0.3, 0.4) is 0 Å². The van der Waals surface area contributed by atoms with E-state index in [1.807, 2.05) is 11.4 Å². The van der Waals surface area contributed by atoms with Gasteiger partial charge in [0.05, 0.1) is 16.9 Å². The monoisotopic (exact) mass is 253 g/mol. The largest absolute Gasteiger partial charge is 0.544 e. The zero-order valence-electron chi connectivity index (χ0n) is 9.98. The van der Waals surface area contributed by atoms with E-state index in [9.17, 15) is 9.90 Å². The lowest BCUT2D eigenvalue weighted by molar-refractivity contribution is -0.934. The fourth-order valence-electron chi connectivity index (χ4n) is 2.68. The van der Waals surface area contributed by atoms with E-state index in [0.29, 0.717) is 6.04 Å². The number of quaternary nitrogens is 1. The average Bonchev–Trinajstić information content (AvgIpc) is 2.82. The molecule has 0 radical (unpaired) electrons. The molecule has 2 rings (SSSR count). The number of carboxylic acids is 1. The van der Waals surface area contributed by atoms with Gasteiger partial charge < -0.3 is 14.8 Å². The van der Waals surface area contributed by atoms with Gasteiger partial charge in [-0.2, -0.15) is 0 Å². The predicted octanol–water partition coefficient (Wildman–Crippen LogP) is 0.216. The van der Waals surface area contributed by atoms with Gasteiger partial charge in [0.2, 0.25) is 0 Å². The van der Waals surface area contributed by atoms with E-state index >= 15 is 0 Å². The summed E-state index contributed by atoms with van der Waals surface area (Å²) in [5.41, 5.74) is 0. The first-order valence-electron chi connectivity index (χ1n) is 6.32. The highest BCUT2D eigenvalue weighted by Crippen LogP contribution is 2.16. The van der Waals surface area contributed by atoms with Gasteiger partial charge in [-0.3, -0.25) is 0 Å². The smallest absolute Gasteiger partial charge is 0.118 e. The molecule has 4 heteroatoms. The van der Waals surface area contributed by atoms with Crippen LogP contribution in [0.5, 0.6) is 0 Å². The third-order valence-corrected chi connectivity index (χ3v) is 4.41. The van der Waals surface area contributed by atoms with E-state index in [1.54, 1.807) is 11.3 Å². The zero-order chi connectivity index (χ0) is 12.1. The van der Waals surface area contributed by atoms with Crippen LogP contribution >= 0.6 is 11.3 Å². The minimum Gasteiger partial charge on any atom is -0.544 e. The molecule has 1 heterocycles. The molecule has 0 bridgehead atoms. The molecule has 1 saturated carbocycles. The molecule has 0 amide bonds. The minimum atomic E-state index is -0.929. The van der Waals surface area contributed by atoms with E-state index < -0.39 is 5.97 Å². The highest BCUT2D eigenvalue weighted by Gasteiger charge is 2.24. The molecule has 0 spiro atoms. The Kier molecular flexibility index (Phi) is 4.57. The molecular formula is C13H19NO2S. The second-order valence-electron chi connectivity index (χ2n) is 4.80. The summed E-state index contributed by atoms with van der Waals surface area (Å²) in [6.45, 7) is 0.971. The molecular weight excluding hydrogens is 234 g/mol. The topological polar surface area (TPSA) is 44.6 Å². The van der Waals surface area contributed by atoms with Crippen LogP contribution in [-0.4, -0.2) is 18.6 Å². The standard InChI is InChI=1S/C13H19NO2S/c15-13(16)10-14(9-12-7-4-8-17-12)11-5-2-1-3-6-11/h4,7-8,11H,1-3,5-6,9-10H2,(H,15,16). The average molecular weight is 253 g/mol. The molecule has 0 aromatic carbocycles. The number of aliphatic carboxylic acids is 1. The molecule has 1 unspecified atom stereocenters. The van der Waals surface area contributed by atoms with E-state index in [2.05, 4.69) is 6.07 Å². The van der Waals surface area contributed by atoms with Crippen LogP contribution in [0.4, 0.5) is 0 Å². The molecule has 1 aliphatic rings. The van der Waals surface area contributed by atoms with Gasteiger partial charge in [-0.1, -0.05) is 12.5 Å². The van der Waals surface area contributed by atoms with Gasteiger partial charge >= 0.3 is 0 Å². The Hall–Kier alpha value is -0.870. The highest BCUT2D eigenvalue weighted by molar-refractivity contribution is 7.09. The molecule has 1 fully saturated rings. The number of nitrogens with one attached hydrogen (secondary N) is 1. The number of hydrogen-bond donors (Lipinski definition) is 1. The summed E-state index contributed by atoms with van der Waals surface area (Å²) in [4.78, 5) is 13.3. The summed E-state index contributed by atoms with van der Waals surface area (Å²) >= 11 is 1.71. The van der Waals surface area contributed by atoms with Crippen LogP contribution in [0.15, 0.2) is 17.5 Å². The Morgan fingerprint density at radius 3 is 2.76 bits per heavy atom. The molecule has 94 valence electrons. The molecule has 1 aromatic heterocycles. The lowest BCUT2D eigenvalue weighted by Crippen LogP contribution is -3.15. The van der Waals surface area contributed by atoms with Gasteiger partial charge in [0.1, 0.15) is 13.1 Å². The number of carbonyl (C=O) groups is 1.